The number of aliphatic carboxylic acids is 1. The van der Waals surface area contributed by atoms with Crippen molar-refractivity contribution < 1.29 is 24.2 Å². The molecule has 0 aromatic carbocycles. The summed E-state index contributed by atoms with van der Waals surface area (Å²) < 4.78 is 9.86. The summed E-state index contributed by atoms with van der Waals surface area (Å²) in [5, 5.41) is 8.22. The predicted molar refractivity (Wildman–Crippen MR) is 53.5 cm³/mol. The van der Waals surface area contributed by atoms with E-state index < -0.39 is 11.9 Å². The van der Waals surface area contributed by atoms with Crippen molar-refractivity contribution in [1.29, 1.82) is 0 Å². The third-order valence-electron chi connectivity index (χ3n) is 1.39. The molecule has 5 heteroatoms. The number of esters is 1. The van der Waals surface area contributed by atoms with Crippen LogP contribution in [-0.4, -0.2) is 36.9 Å². The number of carboxylic acids is 1. The molecule has 0 unspecified atom stereocenters. The minimum absolute atomic E-state index is 0.243. The van der Waals surface area contributed by atoms with Crippen LogP contribution in [0, 0.1) is 0 Å². The van der Waals surface area contributed by atoms with Crippen LogP contribution in [0.1, 0.15) is 19.8 Å². The topological polar surface area (TPSA) is 72.8 Å². The summed E-state index contributed by atoms with van der Waals surface area (Å²) in [6.07, 6.45) is 3.21. The molecule has 0 radical (unpaired) electrons. The molecule has 0 aliphatic rings. The molecule has 0 saturated carbocycles. The average Bonchev–Trinajstić information content (AvgIpc) is 2.20. The van der Waals surface area contributed by atoms with E-state index in [4.69, 9.17) is 14.6 Å². The fourth-order valence-corrected chi connectivity index (χ4v) is 0.768. The Morgan fingerprint density at radius 3 is 2.53 bits per heavy atom. The maximum absolute atomic E-state index is 10.8. The van der Waals surface area contributed by atoms with Gasteiger partial charge in [0.1, 0.15) is 0 Å². The van der Waals surface area contributed by atoms with E-state index in [2.05, 4.69) is 0 Å². The predicted octanol–water partition coefficient (Wildman–Crippen LogP) is 0.987. The van der Waals surface area contributed by atoms with Gasteiger partial charge in [0.25, 0.3) is 0 Å². The monoisotopic (exact) mass is 216 g/mol. The molecule has 0 saturated heterocycles. The molecule has 0 spiro atoms. The van der Waals surface area contributed by atoms with E-state index in [0.717, 1.165) is 18.6 Å². The zero-order chi connectivity index (χ0) is 11.5. The van der Waals surface area contributed by atoms with Crippen LogP contribution in [0.15, 0.2) is 12.2 Å². The second kappa shape index (κ2) is 9.21. The molecule has 0 atom stereocenters. The largest absolute Gasteiger partial charge is 0.478 e. The van der Waals surface area contributed by atoms with Crippen molar-refractivity contribution in [3.63, 3.8) is 0 Å². The zero-order valence-electron chi connectivity index (χ0n) is 8.77. The Bertz CT molecular complexity index is 222. The van der Waals surface area contributed by atoms with Gasteiger partial charge in [0.2, 0.25) is 0 Å². The van der Waals surface area contributed by atoms with Gasteiger partial charge in [-0.05, 0) is 6.42 Å². The minimum atomic E-state index is -1.17. The highest BCUT2D eigenvalue weighted by molar-refractivity contribution is 5.90. The molecule has 5 nitrogen and oxygen atoms in total. The van der Waals surface area contributed by atoms with Gasteiger partial charge in [0, 0.05) is 31.8 Å². The molecule has 0 aromatic rings. The van der Waals surface area contributed by atoms with Crippen LogP contribution in [0.5, 0.6) is 0 Å². The summed E-state index contributed by atoms with van der Waals surface area (Å²) >= 11 is 0. The first-order valence-corrected chi connectivity index (χ1v) is 4.82. The SMILES string of the molecule is CCCOCCCOC(=O)/C=C\C(=O)O. The zero-order valence-corrected chi connectivity index (χ0v) is 8.77. The Labute approximate surface area is 88.7 Å². The molecule has 0 aromatic heterocycles. The normalized spacial score (nSPS) is 10.5. The highest BCUT2D eigenvalue weighted by Gasteiger charge is 1.97. The highest BCUT2D eigenvalue weighted by atomic mass is 16.5. The number of hydrogen-bond donors (Lipinski definition) is 1. The van der Waals surface area contributed by atoms with Crippen molar-refractivity contribution in [2.75, 3.05) is 19.8 Å². The standard InChI is InChI=1S/C10H16O5/c1-2-6-14-7-3-8-15-10(13)5-4-9(11)12/h4-5H,2-3,6-8H2,1H3,(H,11,12)/b5-4-. The van der Waals surface area contributed by atoms with E-state index >= 15 is 0 Å². The maximum atomic E-state index is 10.8. The molecular formula is C10H16O5. The first-order valence-electron chi connectivity index (χ1n) is 4.82. The molecular weight excluding hydrogens is 200 g/mol. The summed E-state index contributed by atoms with van der Waals surface area (Å²) in [4.78, 5) is 20.9. The van der Waals surface area contributed by atoms with E-state index in [1.54, 1.807) is 0 Å². The van der Waals surface area contributed by atoms with Crippen molar-refractivity contribution in [1.82, 2.24) is 0 Å². The molecule has 15 heavy (non-hydrogen) atoms. The molecule has 0 aliphatic heterocycles. The third kappa shape index (κ3) is 10.6. The van der Waals surface area contributed by atoms with Crippen molar-refractivity contribution >= 4 is 11.9 Å². The second-order valence-corrected chi connectivity index (χ2v) is 2.80. The smallest absolute Gasteiger partial charge is 0.331 e. The number of carbonyl (C=O) groups is 2. The number of carboxylic acid groups (broad SMARTS) is 1. The summed E-state index contributed by atoms with van der Waals surface area (Å²) in [5.41, 5.74) is 0. The van der Waals surface area contributed by atoms with E-state index in [9.17, 15) is 9.59 Å². The molecule has 0 fully saturated rings. The van der Waals surface area contributed by atoms with Gasteiger partial charge in [-0.3, -0.25) is 0 Å². The van der Waals surface area contributed by atoms with E-state index in [0.29, 0.717) is 19.6 Å². The maximum Gasteiger partial charge on any atom is 0.331 e. The summed E-state index contributed by atoms with van der Waals surface area (Å²) in [5.74, 6) is -1.81. The summed E-state index contributed by atoms with van der Waals surface area (Å²) in [6, 6.07) is 0. The second-order valence-electron chi connectivity index (χ2n) is 2.80. The molecule has 86 valence electrons. The van der Waals surface area contributed by atoms with Gasteiger partial charge >= 0.3 is 11.9 Å². The average molecular weight is 216 g/mol. The molecule has 0 heterocycles. The third-order valence-corrected chi connectivity index (χ3v) is 1.39. The van der Waals surface area contributed by atoms with E-state index in [-0.39, 0.29) is 6.61 Å². The van der Waals surface area contributed by atoms with Gasteiger partial charge in [-0.25, -0.2) is 9.59 Å². The summed E-state index contributed by atoms with van der Waals surface area (Å²) in [7, 11) is 0. The van der Waals surface area contributed by atoms with Crippen molar-refractivity contribution in [3.05, 3.63) is 12.2 Å². The van der Waals surface area contributed by atoms with Crippen LogP contribution in [0.4, 0.5) is 0 Å². The number of ether oxygens (including phenoxy) is 2. The van der Waals surface area contributed by atoms with Crippen LogP contribution in [0.25, 0.3) is 0 Å². The Morgan fingerprint density at radius 1 is 1.20 bits per heavy atom. The van der Waals surface area contributed by atoms with Gasteiger partial charge < -0.3 is 14.6 Å². The van der Waals surface area contributed by atoms with Gasteiger partial charge in [-0.1, -0.05) is 6.92 Å². The number of carbonyl (C=O) groups excluding carboxylic acids is 1. The van der Waals surface area contributed by atoms with E-state index in [1.165, 1.54) is 0 Å². The van der Waals surface area contributed by atoms with Gasteiger partial charge in [-0.15, -0.1) is 0 Å². The first kappa shape index (κ1) is 13.6. The molecule has 0 rings (SSSR count). The van der Waals surface area contributed by atoms with Crippen LogP contribution in [0.3, 0.4) is 0 Å². The lowest BCUT2D eigenvalue weighted by Gasteiger charge is -2.02. The Morgan fingerprint density at radius 2 is 1.93 bits per heavy atom. The highest BCUT2D eigenvalue weighted by Crippen LogP contribution is 1.89. The van der Waals surface area contributed by atoms with Crippen LogP contribution in [-0.2, 0) is 19.1 Å². The minimum Gasteiger partial charge on any atom is -0.478 e. The lowest BCUT2D eigenvalue weighted by molar-refractivity contribution is -0.139. The quantitative estimate of drug-likeness (QED) is 0.372. The van der Waals surface area contributed by atoms with Gasteiger partial charge in [-0.2, -0.15) is 0 Å². The Balaban J connectivity index is 3.35. The van der Waals surface area contributed by atoms with E-state index in [1.807, 2.05) is 6.92 Å². The van der Waals surface area contributed by atoms with Gasteiger partial charge in [0.05, 0.1) is 6.61 Å². The fraction of sp³-hybridized carbons (Fsp3) is 0.600. The van der Waals surface area contributed by atoms with Crippen LogP contribution in [0.2, 0.25) is 0 Å². The lowest BCUT2D eigenvalue weighted by Crippen LogP contribution is -2.06. The molecule has 0 bridgehead atoms. The van der Waals surface area contributed by atoms with Crippen molar-refractivity contribution in [3.8, 4) is 0 Å². The molecule has 0 aliphatic carbocycles. The Kier molecular flexibility index (Phi) is 8.37. The van der Waals surface area contributed by atoms with Crippen LogP contribution < -0.4 is 0 Å². The van der Waals surface area contributed by atoms with Crippen LogP contribution >= 0.6 is 0 Å². The number of rotatable bonds is 8. The van der Waals surface area contributed by atoms with Crippen molar-refractivity contribution in [2.45, 2.75) is 19.8 Å². The fourth-order valence-electron chi connectivity index (χ4n) is 0.768. The summed E-state index contributed by atoms with van der Waals surface area (Å²) in [6.45, 7) is 3.50. The molecule has 0 amide bonds. The molecule has 1 N–H and O–H groups in total. The Hall–Kier alpha value is -1.36. The first-order chi connectivity index (χ1) is 7.16. The lowest BCUT2D eigenvalue weighted by atomic mass is 10.4. The number of hydrogen-bond acceptors (Lipinski definition) is 4. The van der Waals surface area contributed by atoms with Crippen molar-refractivity contribution in [2.24, 2.45) is 0 Å². The van der Waals surface area contributed by atoms with Gasteiger partial charge in [0.15, 0.2) is 0 Å².